The van der Waals surface area contributed by atoms with E-state index in [9.17, 15) is 9.59 Å². The number of nitrogens with zero attached hydrogens (tertiary/aromatic N) is 3. The van der Waals surface area contributed by atoms with Gasteiger partial charge in [0, 0.05) is 58.0 Å². The van der Waals surface area contributed by atoms with E-state index in [0.29, 0.717) is 25.9 Å². The van der Waals surface area contributed by atoms with E-state index in [1.807, 2.05) is 12.1 Å². The molecule has 0 aromatic carbocycles. The molecule has 2 saturated heterocycles. The first-order valence-electron chi connectivity index (χ1n) is 8.72. The predicted octanol–water partition coefficient (Wildman–Crippen LogP) is 0.457. The first-order chi connectivity index (χ1) is 12.0. The number of amides is 3. The third kappa shape index (κ3) is 4.26. The molecule has 136 valence electrons. The highest BCUT2D eigenvalue weighted by molar-refractivity contribution is 5.80. The fourth-order valence-corrected chi connectivity index (χ4v) is 3.37. The SMILES string of the molecule is CN(C)C(=O)N1CCC(C(=O)NC2CC(c3ccncc3)NN2)CC1. The number of nitrogens with one attached hydrogen (secondary N) is 3. The number of urea groups is 1. The van der Waals surface area contributed by atoms with Crippen LogP contribution in [0.3, 0.4) is 0 Å². The van der Waals surface area contributed by atoms with Gasteiger partial charge in [-0.2, -0.15) is 0 Å². The molecule has 3 rings (SSSR count). The molecule has 8 heteroatoms. The zero-order valence-corrected chi connectivity index (χ0v) is 14.7. The van der Waals surface area contributed by atoms with Crippen molar-refractivity contribution >= 4 is 11.9 Å². The van der Waals surface area contributed by atoms with Crippen LogP contribution in [0.25, 0.3) is 0 Å². The summed E-state index contributed by atoms with van der Waals surface area (Å²) in [7, 11) is 3.50. The molecule has 0 bridgehead atoms. The van der Waals surface area contributed by atoms with Crippen molar-refractivity contribution in [2.45, 2.75) is 31.5 Å². The summed E-state index contributed by atoms with van der Waals surface area (Å²) in [5.41, 5.74) is 7.51. The molecular weight excluding hydrogens is 320 g/mol. The van der Waals surface area contributed by atoms with Crippen molar-refractivity contribution in [3.8, 4) is 0 Å². The summed E-state index contributed by atoms with van der Waals surface area (Å²) in [6.45, 7) is 1.26. The molecule has 2 aliphatic heterocycles. The summed E-state index contributed by atoms with van der Waals surface area (Å²) >= 11 is 0. The van der Waals surface area contributed by atoms with Crippen LogP contribution in [-0.2, 0) is 4.79 Å². The maximum absolute atomic E-state index is 12.5. The average Bonchev–Trinajstić information content (AvgIpc) is 3.10. The van der Waals surface area contributed by atoms with E-state index in [-0.39, 0.29) is 30.1 Å². The van der Waals surface area contributed by atoms with E-state index >= 15 is 0 Å². The Labute approximate surface area is 147 Å². The molecule has 0 saturated carbocycles. The van der Waals surface area contributed by atoms with Crippen LogP contribution in [0.5, 0.6) is 0 Å². The number of hydrogen-bond donors (Lipinski definition) is 3. The highest BCUT2D eigenvalue weighted by Gasteiger charge is 2.31. The van der Waals surface area contributed by atoms with Crippen molar-refractivity contribution in [2.75, 3.05) is 27.2 Å². The van der Waals surface area contributed by atoms with Crippen molar-refractivity contribution in [3.05, 3.63) is 30.1 Å². The number of piperidine rings is 1. The van der Waals surface area contributed by atoms with Gasteiger partial charge >= 0.3 is 6.03 Å². The molecule has 8 nitrogen and oxygen atoms in total. The van der Waals surface area contributed by atoms with Crippen LogP contribution in [0.15, 0.2) is 24.5 Å². The Balaban J connectivity index is 1.45. The second-order valence-electron chi connectivity index (χ2n) is 6.86. The number of carbonyl (C=O) groups is 2. The number of pyridine rings is 1. The Hall–Kier alpha value is -2.19. The average molecular weight is 346 g/mol. The molecule has 2 fully saturated rings. The second-order valence-corrected chi connectivity index (χ2v) is 6.86. The summed E-state index contributed by atoms with van der Waals surface area (Å²) < 4.78 is 0. The smallest absolute Gasteiger partial charge is 0.319 e. The van der Waals surface area contributed by atoms with Crippen LogP contribution in [-0.4, -0.2) is 60.1 Å². The van der Waals surface area contributed by atoms with Crippen LogP contribution >= 0.6 is 0 Å². The monoisotopic (exact) mass is 346 g/mol. The van der Waals surface area contributed by atoms with Gasteiger partial charge in [0.05, 0.1) is 6.17 Å². The van der Waals surface area contributed by atoms with E-state index in [2.05, 4.69) is 21.2 Å². The highest BCUT2D eigenvalue weighted by atomic mass is 16.2. The summed E-state index contributed by atoms with van der Waals surface area (Å²) in [5, 5.41) is 3.07. The van der Waals surface area contributed by atoms with Gasteiger partial charge in [-0.05, 0) is 30.5 Å². The van der Waals surface area contributed by atoms with Crippen molar-refractivity contribution in [1.29, 1.82) is 0 Å². The molecule has 3 amide bonds. The van der Waals surface area contributed by atoms with Gasteiger partial charge in [-0.3, -0.25) is 9.78 Å². The first-order valence-corrected chi connectivity index (χ1v) is 8.72. The zero-order chi connectivity index (χ0) is 17.8. The van der Waals surface area contributed by atoms with Gasteiger partial charge in [0.2, 0.25) is 5.91 Å². The minimum atomic E-state index is -0.0906. The highest BCUT2D eigenvalue weighted by Crippen LogP contribution is 2.22. The van der Waals surface area contributed by atoms with Crippen LogP contribution < -0.4 is 16.2 Å². The van der Waals surface area contributed by atoms with Crippen LogP contribution in [0.1, 0.15) is 30.9 Å². The Kier molecular flexibility index (Phi) is 5.50. The van der Waals surface area contributed by atoms with Crippen molar-refractivity contribution in [3.63, 3.8) is 0 Å². The van der Waals surface area contributed by atoms with E-state index < -0.39 is 0 Å². The quantitative estimate of drug-likeness (QED) is 0.740. The summed E-state index contributed by atoms with van der Waals surface area (Å²) in [6.07, 6.45) is 5.65. The van der Waals surface area contributed by atoms with Gasteiger partial charge < -0.3 is 15.1 Å². The Morgan fingerprint density at radius 3 is 2.52 bits per heavy atom. The lowest BCUT2D eigenvalue weighted by atomic mass is 9.95. The predicted molar refractivity (Wildman–Crippen MR) is 93.2 cm³/mol. The van der Waals surface area contributed by atoms with Crippen LogP contribution in [0.4, 0.5) is 4.79 Å². The number of aromatic nitrogens is 1. The number of hydrogen-bond acceptors (Lipinski definition) is 5. The van der Waals surface area contributed by atoms with Gasteiger partial charge in [-0.1, -0.05) is 0 Å². The van der Waals surface area contributed by atoms with Crippen LogP contribution in [0.2, 0.25) is 0 Å². The lowest BCUT2D eigenvalue weighted by molar-refractivity contribution is -0.127. The minimum Gasteiger partial charge on any atom is -0.339 e. The lowest BCUT2D eigenvalue weighted by Gasteiger charge is -2.33. The zero-order valence-electron chi connectivity index (χ0n) is 14.7. The summed E-state index contributed by atoms with van der Waals surface area (Å²) in [4.78, 5) is 31.9. The maximum Gasteiger partial charge on any atom is 0.319 e. The standard InChI is InChI=1S/C17H26N6O2/c1-22(2)17(25)23-9-5-13(6-10-23)16(24)19-15-11-14(20-21-15)12-3-7-18-8-4-12/h3-4,7-8,13-15,20-21H,5-6,9-11H2,1-2H3,(H,19,24). The molecule has 3 N–H and O–H groups in total. The number of likely N-dealkylation sites (tertiary alicyclic amines) is 1. The van der Waals surface area contributed by atoms with Crippen molar-refractivity contribution in [1.82, 2.24) is 31.0 Å². The van der Waals surface area contributed by atoms with Gasteiger partial charge in [0.25, 0.3) is 0 Å². The molecule has 3 heterocycles. The van der Waals surface area contributed by atoms with Crippen molar-refractivity contribution in [2.24, 2.45) is 5.92 Å². The second kappa shape index (κ2) is 7.79. The van der Waals surface area contributed by atoms with Crippen molar-refractivity contribution < 1.29 is 9.59 Å². The minimum absolute atomic E-state index is 0.0145. The fourth-order valence-electron chi connectivity index (χ4n) is 3.37. The molecule has 1 aromatic heterocycles. The molecule has 0 aliphatic carbocycles. The van der Waals surface area contributed by atoms with E-state index in [1.165, 1.54) is 0 Å². The molecular formula is C17H26N6O2. The summed E-state index contributed by atoms with van der Waals surface area (Å²) in [5.74, 6) is 0.0274. The van der Waals surface area contributed by atoms with E-state index in [1.54, 1.807) is 36.3 Å². The first kappa shape index (κ1) is 17.6. The normalized spacial score (nSPS) is 24.2. The molecule has 1 aromatic rings. The molecule has 2 aliphatic rings. The van der Waals surface area contributed by atoms with Gasteiger partial charge in [-0.25, -0.2) is 15.6 Å². The molecule has 0 spiro atoms. The van der Waals surface area contributed by atoms with Gasteiger partial charge in [-0.15, -0.1) is 0 Å². The van der Waals surface area contributed by atoms with E-state index in [4.69, 9.17) is 0 Å². The summed E-state index contributed by atoms with van der Waals surface area (Å²) in [6, 6.07) is 4.12. The maximum atomic E-state index is 12.5. The van der Waals surface area contributed by atoms with E-state index in [0.717, 1.165) is 12.0 Å². The Bertz CT molecular complexity index is 600. The van der Waals surface area contributed by atoms with Crippen LogP contribution in [0, 0.1) is 5.92 Å². The largest absolute Gasteiger partial charge is 0.339 e. The number of rotatable bonds is 3. The molecule has 0 radical (unpaired) electrons. The molecule has 2 atom stereocenters. The van der Waals surface area contributed by atoms with Gasteiger partial charge in [0.1, 0.15) is 0 Å². The molecule has 25 heavy (non-hydrogen) atoms. The lowest BCUT2D eigenvalue weighted by Crippen LogP contribution is -2.50. The molecule has 2 unspecified atom stereocenters. The topological polar surface area (TPSA) is 89.6 Å². The third-order valence-electron chi connectivity index (χ3n) is 4.85. The fraction of sp³-hybridized carbons (Fsp3) is 0.588. The number of carbonyl (C=O) groups excluding carboxylic acids is 2. The number of hydrazine groups is 1. The Morgan fingerprint density at radius 2 is 1.88 bits per heavy atom. The Morgan fingerprint density at radius 1 is 1.20 bits per heavy atom. The van der Waals surface area contributed by atoms with Gasteiger partial charge in [0.15, 0.2) is 0 Å². The third-order valence-corrected chi connectivity index (χ3v) is 4.85.